The van der Waals surface area contributed by atoms with E-state index in [4.69, 9.17) is 10.5 Å². The molecule has 9 heteroatoms. The molecule has 1 rings (SSSR count). The van der Waals surface area contributed by atoms with Crippen molar-refractivity contribution in [3.05, 3.63) is 28.3 Å². The van der Waals surface area contributed by atoms with Crippen LogP contribution in [0.25, 0.3) is 0 Å². The van der Waals surface area contributed by atoms with Crippen LogP contribution in [0.2, 0.25) is 0 Å². The fourth-order valence-corrected chi connectivity index (χ4v) is 2.39. The van der Waals surface area contributed by atoms with Crippen LogP contribution in [0.4, 0.5) is 11.4 Å². The highest BCUT2D eigenvalue weighted by Crippen LogP contribution is 2.24. The molecule has 1 aromatic carbocycles. The molecule has 19 heavy (non-hydrogen) atoms. The van der Waals surface area contributed by atoms with Crippen LogP contribution in [-0.2, 0) is 14.8 Å². The summed E-state index contributed by atoms with van der Waals surface area (Å²) in [6.45, 7) is 2.66. The highest BCUT2D eigenvalue weighted by atomic mass is 32.2. The topological polar surface area (TPSA) is 125 Å². The van der Waals surface area contributed by atoms with Crippen molar-refractivity contribution in [2.24, 2.45) is 0 Å². The zero-order chi connectivity index (χ0) is 14.5. The summed E-state index contributed by atoms with van der Waals surface area (Å²) < 4.78 is 31.0. The number of nitro benzene ring substituents is 1. The lowest BCUT2D eigenvalue weighted by Gasteiger charge is -2.07. The molecule has 0 radical (unpaired) electrons. The number of anilines is 1. The number of nitro groups is 1. The van der Waals surface area contributed by atoms with E-state index in [9.17, 15) is 18.5 Å². The van der Waals surface area contributed by atoms with E-state index in [1.807, 2.05) is 0 Å². The van der Waals surface area contributed by atoms with Gasteiger partial charge in [0.1, 0.15) is 5.69 Å². The molecular weight excluding hydrogens is 274 g/mol. The fourth-order valence-electron chi connectivity index (χ4n) is 1.34. The number of nitrogens with two attached hydrogens (primary N) is 1. The van der Waals surface area contributed by atoms with E-state index in [-0.39, 0.29) is 29.4 Å². The average molecular weight is 289 g/mol. The van der Waals surface area contributed by atoms with Gasteiger partial charge in [0, 0.05) is 19.2 Å². The monoisotopic (exact) mass is 289 g/mol. The number of rotatable bonds is 7. The quantitative estimate of drug-likeness (QED) is 0.326. The van der Waals surface area contributed by atoms with Gasteiger partial charge in [0.2, 0.25) is 10.0 Å². The molecule has 0 heterocycles. The predicted molar refractivity (Wildman–Crippen MR) is 69.2 cm³/mol. The van der Waals surface area contributed by atoms with Crippen LogP contribution >= 0.6 is 0 Å². The normalized spacial score (nSPS) is 11.4. The second-order valence-corrected chi connectivity index (χ2v) is 5.34. The van der Waals surface area contributed by atoms with Gasteiger partial charge in [-0.25, -0.2) is 13.1 Å². The molecule has 0 saturated heterocycles. The van der Waals surface area contributed by atoms with Gasteiger partial charge in [0.15, 0.2) is 0 Å². The number of hydrogen-bond acceptors (Lipinski definition) is 6. The Hall–Kier alpha value is -1.71. The summed E-state index contributed by atoms with van der Waals surface area (Å²) in [5.41, 5.74) is 4.91. The summed E-state index contributed by atoms with van der Waals surface area (Å²) in [4.78, 5) is 9.78. The molecule has 0 atom stereocenters. The molecule has 8 nitrogen and oxygen atoms in total. The Morgan fingerprint density at radius 1 is 1.47 bits per heavy atom. The molecule has 0 saturated carbocycles. The van der Waals surface area contributed by atoms with Crippen LogP contribution in [-0.4, -0.2) is 33.1 Å². The molecule has 0 unspecified atom stereocenters. The molecule has 106 valence electrons. The van der Waals surface area contributed by atoms with Crippen molar-refractivity contribution in [2.45, 2.75) is 11.8 Å². The Morgan fingerprint density at radius 3 is 2.68 bits per heavy atom. The van der Waals surface area contributed by atoms with Crippen molar-refractivity contribution >= 4 is 21.4 Å². The smallest absolute Gasteiger partial charge is 0.292 e. The minimum absolute atomic E-state index is 0.118. The van der Waals surface area contributed by atoms with Gasteiger partial charge in [-0.2, -0.15) is 0 Å². The number of benzene rings is 1. The van der Waals surface area contributed by atoms with Gasteiger partial charge in [-0.3, -0.25) is 10.1 Å². The average Bonchev–Trinajstić information content (AvgIpc) is 2.34. The Bertz CT molecular complexity index is 558. The molecule has 0 aliphatic rings. The van der Waals surface area contributed by atoms with Gasteiger partial charge in [-0.1, -0.05) is 0 Å². The van der Waals surface area contributed by atoms with Gasteiger partial charge >= 0.3 is 0 Å². The lowest BCUT2D eigenvalue weighted by molar-refractivity contribution is -0.383. The van der Waals surface area contributed by atoms with Gasteiger partial charge in [0.25, 0.3) is 5.69 Å². The summed E-state index contributed by atoms with van der Waals surface area (Å²) in [5, 5.41) is 10.6. The zero-order valence-electron chi connectivity index (χ0n) is 10.3. The molecule has 0 fully saturated rings. The van der Waals surface area contributed by atoms with Gasteiger partial charge in [0.05, 0.1) is 16.4 Å². The van der Waals surface area contributed by atoms with E-state index in [1.165, 1.54) is 0 Å². The molecular formula is C10H15N3O5S. The van der Waals surface area contributed by atoms with Crippen molar-refractivity contribution < 1.29 is 18.1 Å². The first kappa shape index (κ1) is 15.3. The summed E-state index contributed by atoms with van der Waals surface area (Å²) >= 11 is 0. The van der Waals surface area contributed by atoms with Crippen LogP contribution in [0.5, 0.6) is 0 Å². The van der Waals surface area contributed by atoms with E-state index in [0.29, 0.717) is 6.61 Å². The van der Waals surface area contributed by atoms with Crippen LogP contribution in [0.1, 0.15) is 6.92 Å². The predicted octanol–water partition coefficient (Wildman–Crippen LogP) is 0.492. The van der Waals surface area contributed by atoms with Crippen molar-refractivity contribution in [1.82, 2.24) is 4.72 Å². The van der Waals surface area contributed by atoms with E-state index >= 15 is 0 Å². The highest BCUT2D eigenvalue weighted by Gasteiger charge is 2.18. The number of hydrogen-bond donors (Lipinski definition) is 2. The standard InChI is InChI=1S/C10H15N3O5S/c1-2-18-6-5-12-19(16,17)8-3-4-10(13(14)15)9(11)7-8/h3-4,7,12H,2,5-6,11H2,1H3. The summed E-state index contributed by atoms with van der Waals surface area (Å²) in [6.07, 6.45) is 0. The van der Waals surface area contributed by atoms with Gasteiger partial charge < -0.3 is 10.5 Å². The fraction of sp³-hybridized carbons (Fsp3) is 0.400. The summed E-state index contributed by atoms with van der Waals surface area (Å²) in [5.74, 6) is 0. The lowest BCUT2D eigenvalue weighted by atomic mass is 10.3. The third-order valence-corrected chi connectivity index (χ3v) is 3.71. The summed E-state index contributed by atoms with van der Waals surface area (Å²) in [7, 11) is -3.74. The molecule has 0 aliphatic carbocycles. The van der Waals surface area contributed by atoms with Crippen molar-refractivity contribution in [3.8, 4) is 0 Å². The van der Waals surface area contributed by atoms with E-state index in [1.54, 1.807) is 6.92 Å². The Balaban J connectivity index is 2.84. The number of nitrogen functional groups attached to an aromatic ring is 1. The maximum absolute atomic E-state index is 11.8. The molecule has 3 N–H and O–H groups in total. The first-order valence-electron chi connectivity index (χ1n) is 5.50. The minimum Gasteiger partial charge on any atom is -0.393 e. The maximum Gasteiger partial charge on any atom is 0.292 e. The van der Waals surface area contributed by atoms with Crippen LogP contribution < -0.4 is 10.5 Å². The van der Waals surface area contributed by atoms with Crippen molar-refractivity contribution in [3.63, 3.8) is 0 Å². The van der Waals surface area contributed by atoms with Crippen LogP contribution in [0, 0.1) is 10.1 Å². The second kappa shape index (κ2) is 6.45. The SMILES string of the molecule is CCOCCNS(=O)(=O)c1ccc([N+](=O)[O-])c(N)c1. The zero-order valence-corrected chi connectivity index (χ0v) is 11.1. The Kier molecular flexibility index (Phi) is 5.21. The highest BCUT2D eigenvalue weighted by molar-refractivity contribution is 7.89. The molecule has 0 aliphatic heterocycles. The van der Waals surface area contributed by atoms with Gasteiger partial charge in [-0.05, 0) is 19.1 Å². The third-order valence-electron chi connectivity index (χ3n) is 2.25. The first-order valence-corrected chi connectivity index (χ1v) is 6.98. The first-order chi connectivity index (χ1) is 8.88. The molecule has 0 spiro atoms. The van der Waals surface area contributed by atoms with Crippen LogP contribution in [0.15, 0.2) is 23.1 Å². The van der Waals surface area contributed by atoms with E-state index in [2.05, 4.69) is 4.72 Å². The summed E-state index contributed by atoms with van der Waals surface area (Å²) in [6, 6.07) is 3.26. The number of ether oxygens (including phenoxy) is 1. The van der Waals surface area contributed by atoms with E-state index < -0.39 is 14.9 Å². The lowest BCUT2D eigenvalue weighted by Crippen LogP contribution is -2.27. The number of sulfonamides is 1. The second-order valence-electron chi connectivity index (χ2n) is 3.57. The number of nitrogens with zero attached hydrogens (tertiary/aromatic N) is 1. The maximum atomic E-state index is 11.8. The Labute approximate surface area is 110 Å². The Morgan fingerprint density at radius 2 is 2.16 bits per heavy atom. The third kappa shape index (κ3) is 4.16. The van der Waals surface area contributed by atoms with Crippen LogP contribution in [0.3, 0.4) is 0 Å². The van der Waals surface area contributed by atoms with E-state index in [0.717, 1.165) is 18.2 Å². The largest absolute Gasteiger partial charge is 0.393 e. The molecule has 0 amide bonds. The number of nitrogens with one attached hydrogen (secondary N) is 1. The van der Waals surface area contributed by atoms with Crippen molar-refractivity contribution in [2.75, 3.05) is 25.5 Å². The van der Waals surface area contributed by atoms with Crippen molar-refractivity contribution in [1.29, 1.82) is 0 Å². The molecule has 0 bridgehead atoms. The minimum atomic E-state index is -3.74. The molecule has 0 aromatic heterocycles. The molecule has 1 aromatic rings. The van der Waals surface area contributed by atoms with Gasteiger partial charge in [-0.15, -0.1) is 0 Å².